The minimum Gasteiger partial charge on any atom is -0.478 e. The maximum Gasteiger partial charge on any atom is 0.328 e. The Morgan fingerprint density at radius 3 is 2.19 bits per heavy atom. The van der Waals surface area contributed by atoms with Gasteiger partial charge in [0.1, 0.15) is 5.82 Å². The number of nitrogens with zero attached hydrogens (tertiary/aromatic N) is 1. The van der Waals surface area contributed by atoms with Crippen LogP contribution in [0.25, 0.3) is 11.0 Å². The summed E-state index contributed by atoms with van der Waals surface area (Å²) in [6.45, 7) is 0. The Labute approximate surface area is 177 Å². The number of aromatic nitrogens is 2. The van der Waals surface area contributed by atoms with Gasteiger partial charge >= 0.3 is 11.9 Å². The minimum atomic E-state index is -1.26. The smallest absolute Gasteiger partial charge is 0.328 e. The lowest BCUT2D eigenvalue weighted by Gasteiger charge is -2.08. The average molecular weight is 425 g/mol. The van der Waals surface area contributed by atoms with E-state index in [4.69, 9.17) is 15.9 Å². The SMILES string of the molecule is NC(=O)CC(O)c1cccc2[nH]c(CCc3ccccc3)nc12.O=C(O)/C=C\C(=O)O. The van der Waals surface area contributed by atoms with Crippen molar-refractivity contribution in [3.05, 3.63) is 77.6 Å². The third-order valence-electron chi connectivity index (χ3n) is 4.21. The Bertz CT molecular complexity index is 1060. The predicted molar refractivity (Wildman–Crippen MR) is 113 cm³/mol. The van der Waals surface area contributed by atoms with Crippen LogP contribution in [0.2, 0.25) is 0 Å². The number of amides is 1. The summed E-state index contributed by atoms with van der Waals surface area (Å²) in [4.78, 5) is 38.0. The van der Waals surface area contributed by atoms with Gasteiger partial charge in [0.05, 0.1) is 23.6 Å². The summed E-state index contributed by atoms with van der Waals surface area (Å²) in [5.41, 5.74) is 8.60. The van der Waals surface area contributed by atoms with Crippen LogP contribution in [-0.4, -0.2) is 43.1 Å². The fourth-order valence-electron chi connectivity index (χ4n) is 2.84. The molecule has 1 atom stereocenters. The van der Waals surface area contributed by atoms with E-state index in [9.17, 15) is 19.5 Å². The number of fused-ring (bicyclic) bond motifs is 1. The Hall–Kier alpha value is -3.98. The van der Waals surface area contributed by atoms with Gasteiger partial charge in [-0.25, -0.2) is 14.6 Å². The van der Waals surface area contributed by atoms with E-state index in [1.807, 2.05) is 30.3 Å². The first kappa shape index (κ1) is 23.3. The quantitative estimate of drug-likeness (QED) is 0.344. The van der Waals surface area contributed by atoms with Crippen LogP contribution in [0.1, 0.15) is 29.5 Å². The van der Waals surface area contributed by atoms with Crippen molar-refractivity contribution in [1.82, 2.24) is 9.97 Å². The van der Waals surface area contributed by atoms with Crippen LogP contribution in [0.5, 0.6) is 0 Å². The van der Waals surface area contributed by atoms with Gasteiger partial charge in [0.15, 0.2) is 0 Å². The molecule has 9 heteroatoms. The van der Waals surface area contributed by atoms with Crippen molar-refractivity contribution in [2.45, 2.75) is 25.4 Å². The second kappa shape index (κ2) is 11.3. The molecule has 9 nitrogen and oxygen atoms in total. The number of rotatable bonds is 8. The molecule has 0 aliphatic carbocycles. The van der Waals surface area contributed by atoms with Crippen LogP contribution in [-0.2, 0) is 27.2 Å². The molecule has 2 aromatic carbocycles. The van der Waals surface area contributed by atoms with Crippen molar-refractivity contribution in [2.75, 3.05) is 0 Å². The molecule has 3 rings (SSSR count). The fraction of sp³-hybridized carbons (Fsp3) is 0.182. The number of nitrogens with two attached hydrogens (primary N) is 1. The zero-order chi connectivity index (χ0) is 22.8. The molecule has 6 N–H and O–H groups in total. The second-order valence-electron chi connectivity index (χ2n) is 6.61. The number of imidazole rings is 1. The van der Waals surface area contributed by atoms with E-state index in [1.54, 1.807) is 6.07 Å². The highest BCUT2D eigenvalue weighted by Gasteiger charge is 2.16. The third kappa shape index (κ3) is 7.75. The molecule has 0 bridgehead atoms. The van der Waals surface area contributed by atoms with Gasteiger partial charge in [-0.15, -0.1) is 0 Å². The number of H-pyrrole nitrogens is 1. The summed E-state index contributed by atoms with van der Waals surface area (Å²) in [6, 6.07) is 15.7. The van der Waals surface area contributed by atoms with Crippen LogP contribution in [0.4, 0.5) is 0 Å². The van der Waals surface area contributed by atoms with Crippen molar-refractivity contribution in [1.29, 1.82) is 0 Å². The predicted octanol–water partition coefficient (Wildman–Crippen LogP) is 1.97. The lowest BCUT2D eigenvalue weighted by atomic mass is 10.0. The summed E-state index contributed by atoms with van der Waals surface area (Å²) < 4.78 is 0. The van der Waals surface area contributed by atoms with Crippen molar-refractivity contribution < 1.29 is 29.7 Å². The van der Waals surface area contributed by atoms with Crippen molar-refractivity contribution >= 4 is 28.9 Å². The largest absolute Gasteiger partial charge is 0.478 e. The van der Waals surface area contributed by atoms with Crippen LogP contribution in [0.15, 0.2) is 60.7 Å². The molecule has 31 heavy (non-hydrogen) atoms. The topological polar surface area (TPSA) is 167 Å². The number of carbonyl (C=O) groups is 3. The lowest BCUT2D eigenvalue weighted by Crippen LogP contribution is -2.15. The molecule has 0 radical (unpaired) electrons. The number of carbonyl (C=O) groups excluding carboxylic acids is 1. The summed E-state index contributed by atoms with van der Waals surface area (Å²) in [5, 5.41) is 25.8. The standard InChI is InChI=1S/C18H19N3O2.C4H4O4/c19-16(23)11-15(22)13-7-4-8-14-18(13)21-17(20-14)10-9-12-5-2-1-3-6-12;5-3(6)1-2-4(7)8/h1-8,15,22H,9-11H2,(H2,19,23)(H,20,21);1-2H,(H,5,6)(H,7,8)/b;2-1-. The maximum atomic E-state index is 11.0. The van der Waals surface area contributed by atoms with E-state index < -0.39 is 23.9 Å². The van der Waals surface area contributed by atoms with Gasteiger partial charge < -0.3 is 26.0 Å². The van der Waals surface area contributed by atoms with Crippen LogP contribution >= 0.6 is 0 Å². The van der Waals surface area contributed by atoms with E-state index in [-0.39, 0.29) is 6.42 Å². The monoisotopic (exact) mass is 425 g/mol. The molecule has 0 aliphatic heterocycles. The van der Waals surface area contributed by atoms with Gasteiger partial charge in [0, 0.05) is 24.1 Å². The van der Waals surface area contributed by atoms with Crippen LogP contribution < -0.4 is 5.73 Å². The number of aliphatic carboxylic acids is 2. The number of nitrogens with one attached hydrogen (secondary N) is 1. The first-order valence-electron chi connectivity index (χ1n) is 9.38. The molecule has 0 saturated carbocycles. The number of carboxylic acids is 2. The number of aliphatic hydroxyl groups excluding tert-OH is 1. The number of aliphatic hydroxyl groups is 1. The number of benzene rings is 2. The number of primary amides is 1. The first-order chi connectivity index (χ1) is 14.8. The van der Waals surface area contributed by atoms with Gasteiger partial charge in [-0.1, -0.05) is 42.5 Å². The van der Waals surface area contributed by atoms with Crippen molar-refractivity contribution in [3.63, 3.8) is 0 Å². The van der Waals surface area contributed by atoms with E-state index >= 15 is 0 Å². The number of hydrogen-bond donors (Lipinski definition) is 5. The van der Waals surface area contributed by atoms with E-state index in [0.717, 1.165) is 24.2 Å². The normalized spacial score (nSPS) is 11.6. The molecule has 3 aromatic rings. The number of carboxylic acid groups (broad SMARTS) is 2. The summed E-state index contributed by atoms with van der Waals surface area (Å²) >= 11 is 0. The molecular formula is C22H23N3O6. The molecule has 1 heterocycles. The van der Waals surface area contributed by atoms with E-state index in [0.29, 0.717) is 23.2 Å². The van der Waals surface area contributed by atoms with Crippen LogP contribution in [0.3, 0.4) is 0 Å². The molecule has 0 fully saturated rings. The summed E-state index contributed by atoms with van der Waals surface area (Å²) in [5.74, 6) is -2.18. The second-order valence-corrected chi connectivity index (χ2v) is 6.61. The van der Waals surface area contributed by atoms with Crippen molar-refractivity contribution in [2.24, 2.45) is 5.73 Å². The van der Waals surface area contributed by atoms with E-state index in [1.165, 1.54) is 5.56 Å². The molecule has 162 valence electrons. The molecule has 1 aromatic heterocycles. The first-order valence-corrected chi connectivity index (χ1v) is 9.38. The Balaban J connectivity index is 0.000000366. The zero-order valence-electron chi connectivity index (χ0n) is 16.6. The molecule has 0 spiro atoms. The van der Waals surface area contributed by atoms with Gasteiger partial charge in [-0.2, -0.15) is 0 Å². The number of aromatic amines is 1. The lowest BCUT2D eigenvalue weighted by molar-refractivity contribution is -0.134. The molecular weight excluding hydrogens is 402 g/mol. The highest BCUT2D eigenvalue weighted by molar-refractivity contribution is 5.89. The maximum absolute atomic E-state index is 11.0. The third-order valence-corrected chi connectivity index (χ3v) is 4.21. The minimum absolute atomic E-state index is 0.106. The molecule has 1 amide bonds. The van der Waals surface area contributed by atoms with Gasteiger partial charge in [-0.3, -0.25) is 4.79 Å². The van der Waals surface area contributed by atoms with Gasteiger partial charge in [0.2, 0.25) is 5.91 Å². The highest BCUT2D eigenvalue weighted by Crippen LogP contribution is 2.25. The van der Waals surface area contributed by atoms with E-state index in [2.05, 4.69) is 22.1 Å². The number of aryl methyl sites for hydroxylation is 2. The Morgan fingerprint density at radius 1 is 0.968 bits per heavy atom. The Morgan fingerprint density at radius 2 is 1.61 bits per heavy atom. The number of hydrogen-bond acceptors (Lipinski definition) is 5. The molecule has 0 aliphatic rings. The van der Waals surface area contributed by atoms with Gasteiger partial charge in [-0.05, 0) is 18.1 Å². The fourth-order valence-corrected chi connectivity index (χ4v) is 2.84. The Kier molecular flexibility index (Phi) is 8.47. The average Bonchev–Trinajstić information content (AvgIpc) is 3.14. The van der Waals surface area contributed by atoms with Crippen molar-refractivity contribution in [3.8, 4) is 0 Å². The molecule has 1 unspecified atom stereocenters. The van der Waals surface area contributed by atoms with Crippen LogP contribution in [0, 0.1) is 0 Å². The van der Waals surface area contributed by atoms with Gasteiger partial charge in [0.25, 0.3) is 0 Å². The summed E-state index contributed by atoms with van der Waals surface area (Å²) in [7, 11) is 0. The highest BCUT2D eigenvalue weighted by atomic mass is 16.4. The summed E-state index contributed by atoms with van der Waals surface area (Å²) in [6.07, 6.45) is 1.75. The molecule has 0 saturated heterocycles. The zero-order valence-corrected chi connectivity index (χ0v) is 16.6. The number of para-hydroxylation sites is 1.